The molecule has 158 valence electrons. The minimum atomic E-state index is 0. The van der Waals surface area contributed by atoms with Gasteiger partial charge in [-0.2, -0.15) is 0 Å². The normalized spacial score (nSPS) is 21.6. The Bertz CT molecular complexity index is 868. The van der Waals surface area contributed by atoms with Crippen LogP contribution in [0.15, 0.2) is 60.8 Å². The third kappa shape index (κ3) is 4.97. The third-order valence-corrected chi connectivity index (χ3v) is 6.48. The van der Waals surface area contributed by atoms with Crippen molar-refractivity contribution in [3.05, 3.63) is 71.9 Å². The number of aromatic nitrogens is 1. The average molecular weight is 434 g/mol. The summed E-state index contributed by atoms with van der Waals surface area (Å²) in [5, 5.41) is 5.18. The van der Waals surface area contributed by atoms with Gasteiger partial charge in [0.2, 0.25) is 0 Å². The molecule has 0 saturated heterocycles. The monoisotopic (exact) mass is 433 g/mol. The van der Waals surface area contributed by atoms with Crippen molar-refractivity contribution in [1.29, 1.82) is 0 Å². The van der Waals surface area contributed by atoms with Crippen LogP contribution in [0.3, 0.4) is 0 Å². The highest BCUT2D eigenvalue weighted by Gasteiger charge is 2.38. The van der Waals surface area contributed by atoms with Crippen molar-refractivity contribution in [2.24, 2.45) is 0 Å². The van der Waals surface area contributed by atoms with Crippen molar-refractivity contribution in [3.63, 3.8) is 0 Å². The van der Waals surface area contributed by atoms with Gasteiger partial charge in [-0.05, 0) is 69.9 Å². The highest BCUT2D eigenvalue weighted by Crippen LogP contribution is 2.41. The third-order valence-electron chi connectivity index (χ3n) is 6.48. The fourth-order valence-electron chi connectivity index (χ4n) is 4.79. The molecule has 2 aromatic carbocycles. The molecule has 5 heteroatoms. The molecule has 3 aromatic rings. The standard InChI is InChI=1S/C24H31N3.2ClH/c1-27(2)24(20-8-4-3-5-9-20)15-12-21(13-16-24)25-17-14-19-18-26-23-11-7-6-10-22(19)23;;/h3-11,18,21,25-26H,12-17H2,1-2H3;2*1H. The van der Waals surface area contributed by atoms with Crippen LogP contribution in [0.2, 0.25) is 0 Å². The number of hydrogen-bond acceptors (Lipinski definition) is 2. The van der Waals surface area contributed by atoms with Gasteiger partial charge in [-0.3, -0.25) is 4.90 Å². The minimum Gasteiger partial charge on any atom is -0.361 e. The first kappa shape index (κ1) is 23.8. The van der Waals surface area contributed by atoms with Gasteiger partial charge in [0.05, 0.1) is 0 Å². The number of nitrogens with zero attached hydrogens (tertiary/aromatic N) is 1. The zero-order valence-electron chi connectivity index (χ0n) is 17.4. The van der Waals surface area contributed by atoms with Gasteiger partial charge in [0, 0.05) is 28.7 Å². The van der Waals surface area contributed by atoms with Crippen molar-refractivity contribution < 1.29 is 0 Å². The molecule has 1 aromatic heterocycles. The predicted octanol–water partition coefficient (Wildman–Crippen LogP) is 5.54. The number of halogens is 2. The van der Waals surface area contributed by atoms with E-state index in [0.29, 0.717) is 6.04 Å². The highest BCUT2D eigenvalue weighted by molar-refractivity contribution is 5.85. The first-order valence-corrected chi connectivity index (χ1v) is 10.2. The Morgan fingerprint density at radius 1 is 0.966 bits per heavy atom. The van der Waals surface area contributed by atoms with Crippen molar-refractivity contribution in [3.8, 4) is 0 Å². The van der Waals surface area contributed by atoms with Crippen molar-refractivity contribution in [1.82, 2.24) is 15.2 Å². The number of H-pyrrole nitrogens is 1. The largest absolute Gasteiger partial charge is 0.361 e. The predicted molar refractivity (Wildman–Crippen MR) is 129 cm³/mol. The molecule has 3 nitrogen and oxygen atoms in total. The van der Waals surface area contributed by atoms with Gasteiger partial charge >= 0.3 is 0 Å². The Morgan fingerprint density at radius 2 is 1.62 bits per heavy atom. The van der Waals surface area contributed by atoms with Crippen LogP contribution in [0.5, 0.6) is 0 Å². The Morgan fingerprint density at radius 3 is 2.31 bits per heavy atom. The molecular formula is C24H33Cl2N3. The fraction of sp³-hybridized carbons (Fsp3) is 0.417. The van der Waals surface area contributed by atoms with E-state index in [1.165, 1.54) is 47.7 Å². The molecule has 0 atom stereocenters. The van der Waals surface area contributed by atoms with Crippen molar-refractivity contribution in [2.45, 2.75) is 43.7 Å². The lowest BCUT2D eigenvalue weighted by Crippen LogP contribution is -2.48. The summed E-state index contributed by atoms with van der Waals surface area (Å²) in [7, 11) is 4.47. The Kier molecular flexibility index (Phi) is 8.59. The zero-order valence-corrected chi connectivity index (χ0v) is 19.0. The maximum Gasteiger partial charge on any atom is 0.0456 e. The van der Waals surface area contributed by atoms with E-state index >= 15 is 0 Å². The van der Waals surface area contributed by atoms with Crippen LogP contribution in [-0.4, -0.2) is 36.6 Å². The number of rotatable bonds is 6. The summed E-state index contributed by atoms with van der Waals surface area (Å²) in [5.41, 5.74) is 4.31. The Balaban J connectivity index is 0.00000150. The summed E-state index contributed by atoms with van der Waals surface area (Å²) in [6.07, 6.45) is 8.16. The van der Waals surface area contributed by atoms with Crippen LogP contribution in [-0.2, 0) is 12.0 Å². The number of fused-ring (bicyclic) bond motifs is 1. The molecule has 1 aliphatic rings. The lowest BCUT2D eigenvalue weighted by molar-refractivity contribution is 0.0858. The van der Waals surface area contributed by atoms with E-state index in [-0.39, 0.29) is 30.4 Å². The molecule has 1 fully saturated rings. The van der Waals surface area contributed by atoms with Gasteiger partial charge in [-0.25, -0.2) is 0 Å². The van der Waals surface area contributed by atoms with Gasteiger partial charge in [-0.15, -0.1) is 24.8 Å². The summed E-state index contributed by atoms with van der Waals surface area (Å²) < 4.78 is 0. The molecule has 0 amide bonds. The molecule has 0 radical (unpaired) electrons. The van der Waals surface area contributed by atoms with Crippen molar-refractivity contribution >= 4 is 35.7 Å². The lowest BCUT2D eigenvalue weighted by atomic mass is 9.74. The number of para-hydroxylation sites is 1. The van der Waals surface area contributed by atoms with E-state index in [0.717, 1.165) is 13.0 Å². The second-order valence-corrected chi connectivity index (χ2v) is 8.13. The Labute approximate surface area is 187 Å². The molecule has 0 unspecified atom stereocenters. The van der Waals surface area contributed by atoms with E-state index in [1.54, 1.807) is 0 Å². The van der Waals surface area contributed by atoms with E-state index < -0.39 is 0 Å². The second kappa shape index (κ2) is 10.5. The average Bonchev–Trinajstić information content (AvgIpc) is 3.12. The molecule has 1 aliphatic carbocycles. The molecule has 0 spiro atoms. The van der Waals surface area contributed by atoms with E-state index in [1.807, 2.05) is 0 Å². The maximum atomic E-state index is 3.82. The summed E-state index contributed by atoms with van der Waals surface area (Å²) in [6.45, 7) is 1.05. The summed E-state index contributed by atoms with van der Waals surface area (Å²) in [6, 6.07) is 20.3. The van der Waals surface area contributed by atoms with Crippen LogP contribution >= 0.6 is 24.8 Å². The Hall–Kier alpha value is -1.52. The molecule has 0 aliphatic heterocycles. The van der Waals surface area contributed by atoms with E-state index in [9.17, 15) is 0 Å². The molecule has 1 heterocycles. The number of aromatic amines is 1. The molecule has 0 bridgehead atoms. The van der Waals surface area contributed by atoms with Gasteiger partial charge in [0.25, 0.3) is 0 Å². The lowest BCUT2D eigenvalue weighted by Gasteiger charge is -2.45. The van der Waals surface area contributed by atoms with Gasteiger partial charge in [0.1, 0.15) is 0 Å². The quantitative estimate of drug-likeness (QED) is 0.534. The molecule has 29 heavy (non-hydrogen) atoms. The minimum absolute atomic E-state index is 0. The zero-order chi connectivity index (χ0) is 18.7. The van der Waals surface area contributed by atoms with Crippen molar-refractivity contribution in [2.75, 3.05) is 20.6 Å². The number of benzene rings is 2. The van der Waals surface area contributed by atoms with E-state index in [2.05, 4.69) is 90.1 Å². The fourth-order valence-corrected chi connectivity index (χ4v) is 4.79. The van der Waals surface area contributed by atoms with Crippen LogP contribution in [0, 0.1) is 0 Å². The van der Waals surface area contributed by atoms with Crippen LogP contribution in [0.25, 0.3) is 10.9 Å². The summed E-state index contributed by atoms with van der Waals surface area (Å²) in [4.78, 5) is 5.82. The van der Waals surface area contributed by atoms with Crippen LogP contribution < -0.4 is 5.32 Å². The first-order valence-electron chi connectivity index (χ1n) is 10.2. The molecule has 2 N–H and O–H groups in total. The second-order valence-electron chi connectivity index (χ2n) is 8.13. The highest BCUT2D eigenvalue weighted by atomic mass is 35.5. The number of nitrogens with one attached hydrogen (secondary N) is 2. The summed E-state index contributed by atoms with van der Waals surface area (Å²) >= 11 is 0. The number of hydrogen-bond donors (Lipinski definition) is 2. The van der Waals surface area contributed by atoms with Gasteiger partial charge in [0.15, 0.2) is 0 Å². The molecule has 1 saturated carbocycles. The van der Waals surface area contributed by atoms with Gasteiger partial charge in [-0.1, -0.05) is 48.5 Å². The van der Waals surface area contributed by atoms with Crippen LogP contribution in [0.1, 0.15) is 36.8 Å². The topological polar surface area (TPSA) is 31.1 Å². The first-order chi connectivity index (χ1) is 13.2. The summed E-state index contributed by atoms with van der Waals surface area (Å²) in [5.74, 6) is 0. The SMILES string of the molecule is CN(C)C1(c2ccccc2)CCC(NCCc2c[nH]c3ccccc23)CC1.Cl.Cl. The van der Waals surface area contributed by atoms with Crippen LogP contribution in [0.4, 0.5) is 0 Å². The van der Waals surface area contributed by atoms with Gasteiger partial charge < -0.3 is 10.3 Å². The molecular weight excluding hydrogens is 401 g/mol. The smallest absolute Gasteiger partial charge is 0.0456 e. The van der Waals surface area contributed by atoms with E-state index in [4.69, 9.17) is 0 Å². The molecule has 4 rings (SSSR count). The maximum absolute atomic E-state index is 3.82.